The Kier molecular flexibility index (Phi) is 10.9. The molecule has 142 valence electrons. The van der Waals surface area contributed by atoms with Crippen LogP contribution in [0.5, 0.6) is 5.75 Å². The molecule has 1 saturated carbocycles. The van der Waals surface area contributed by atoms with Crippen molar-refractivity contribution in [2.24, 2.45) is 5.92 Å². The monoisotopic (exact) mass is 353 g/mol. The number of benzene rings is 1. The van der Waals surface area contributed by atoms with Gasteiger partial charge >= 0.3 is 0 Å². The number of rotatable bonds is 11. The lowest BCUT2D eigenvalue weighted by molar-refractivity contribution is -0.122. The Morgan fingerprint density at radius 3 is 2.48 bits per heavy atom. The van der Waals surface area contributed by atoms with Crippen LogP contribution in [0.15, 0.2) is 24.3 Å². The standard InChI is InChI=1S/C18H29NO3.CH2O2/c1-14(2)19-11-17(20)13-22-18-7-5-15(6-8-18)9-10-21-12-16-3-4-16;2-1-3/h5-8,14,16-17,19-20H,3-4,9-13H2,1-2H3;1H,(H,2,3). The molecule has 6 nitrogen and oxygen atoms in total. The molecule has 0 amide bonds. The van der Waals surface area contributed by atoms with Gasteiger partial charge in [0.05, 0.1) is 6.61 Å². The zero-order valence-electron chi connectivity index (χ0n) is 15.2. The summed E-state index contributed by atoms with van der Waals surface area (Å²) >= 11 is 0. The normalized spacial score (nSPS) is 14.6. The maximum Gasteiger partial charge on any atom is 0.290 e. The Hall–Kier alpha value is -1.63. The summed E-state index contributed by atoms with van der Waals surface area (Å²) in [6.07, 6.45) is 3.13. The van der Waals surface area contributed by atoms with E-state index in [1.807, 2.05) is 12.1 Å². The second-order valence-corrected chi connectivity index (χ2v) is 6.55. The van der Waals surface area contributed by atoms with Crippen LogP contribution in [0.25, 0.3) is 0 Å². The number of carboxylic acid groups (broad SMARTS) is 1. The fourth-order valence-corrected chi connectivity index (χ4v) is 2.10. The van der Waals surface area contributed by atoms with Gasteiger partial charge in [-0.15, -0.1) is 0 Å². The summed E-state index contributed by atoms with van der Waals surface area (Å²) in [7, 11) is 0. The molecular formula is C19H31NO5. The van der Waals surface area contributed by atoms with Crippen molar-refractivity contribution in [3.05, 3.63) is 29.8 Å². The molecule has 2 rings (SSSR count). The number of aliphatic hydroxyl groups is 1. The fourth-order valence-electron chi connectivity index (χ4n) is 2.10. The molecule has 25 heavy (non-hydrogen) atoms. The second-order valence-electron chi connectivity index (χ2n) is 6.55. The van der Waals surface area contributed by atoms with E-state index in [-0.39, 0.29) is 6.47 Å². The third kappa shape index (κ3) is 11.5. The van der Waals surface area contributed by atoms with Gasteiger partial charge in [0, 0.05) is 19.2 Å². The first-order valence-electron chi connectivity index (χ1n) is 8.84. The van der Waals surface area contributed by atoms with Crippen LogP contribution >= 0.6 is 0 Å². The third-order valence-corrected chi connectivity index (χ3v) is 3.71. The number of nitrogens with one attached hydrogen (secondary N) is 1. The van der Waals surface area contributed by atoms with E-state index in [9.17, 15) is 5.11 Å². The molecule has 1 aromatic carbocycles. The predicted molar refractivity (Wildman–Crippen MR) is 97.0 cm³/mol. The van der Waals surface area contributed by atoms with Gasteiger partial charge in [0.1, 0.15) is 18.5 Å². The summed E-state index contributed by atoms with van der Waals surface area (Å²) < 4.78 is 11.2. The van der Waals surface area contributed by atoms with E-state index in [1.165, 1.54) is 18.4 Å². The van der Waals surface area contributed by atoms with Crippen LogP contribution in [-0.2, 0) is 16.0 Å². The van der Waals surface area contributed by atoms with Crippen molar-refractivity contribution in [1.82, 2.24) is 5.32 Å². The van der Waals surface area contributed by atoms with Crippen LogP contribution in [0.2, 0.25) is 0 Å². The number of hydrogen-bond acceptors (Lipinski definition) is 5. The molecule has 3 N–H and O–H groups in total. The van der Waals surface area contributed by atoms with Crippen LogP contribution in [0.1, 0.15) is 32.3 Å². The van der Waals surface area contributed by atoms with Gasteiger partial charge in [-0.3, -0.25) is 4.79 Å². The van der Waals surface area contributed by atoms with Crippen molar-refractivity contribution in [2.45, 2.75) is 45.3 Å². The summed E-state index contributed by atoms with van der Waals surface area (Å²) in [5.74, 6) is 1.62. The van der Waals surface area contributed by atoms with Crippen LogP contribution in [0, 0.1) is 5.92 Å². The van der Waals surface area contributed by atoms with Gasteiger partial charge < -0.3 is 25.0 Å². The predicted octanol–water partition coefficient (Wildman–Crippen LogP) is 2.09. The molecule has 0 spiro atoms. The SMILES string of the molecule is CC(C)NCC(O)COc1ccc(CCOCC2CC2)cc1.O=CO. The van der Waals surface area contributed by atoms with Gasteiger partial charge in [-0.2, -0.15) is 0 Å². The molecule has 1 fully saturated rings. The largest absolute Gasteiger partial charge is 0.491 e. The first-order chi connectivity index (χ1) is 12.0. The minimum absolute atomic E-state index is 0.250. The summed E-state index contributed by atoms with van der Waals surface area (Å²) in [5.41, 5.74) is 1.25. The summed E-state index contributed by atoms with van der Waals surface area (Å²) in [5, 5.41) is 19.9. The molecule has 1 aromatic rings. The van der Waals surface area contributed by atoms with Crippen LogP contribution in [0.4, 0.5) is 0 Å². The van der Waals surface area contributed by atoms with E-state index >= 15 is 0 Å². The van der Waals surface area contributed by atoms with Crippen LogP contribution in [0.3, 0.4) is 0 Å². The quantitative estimate of drug-likeness (QED) is 0.417. The Balaban J connectivity index is 0.000000970. The smallest absolute Gasteiger partial charge is 0.290 e. The highest BCUT2D eigenvalue weighted by atomic mass is 16.5. The van der Waals surface area contributed by atoms with Crippen molar-refractivity contribution in [3.8, 4) is 5.75 Å². The van der Waals surface area contributed by atoms with Gasteiger partial charge in [-0.25, -0.2) is 0 Å². The maximum absolute atomic E-state index is 9.80. The average molecular weight is 353 g/mol. The highest BCUT2D eigenvalue weighted by Gasteiger charge is 2.20. The Labute approximate surface area is 150 Å². The molecule has 1 unspecified atom stereocenters. The van der Waals surface area contributed by atoms with Gasteiger partial charge in [0.2, 0.25) is 0 Å². The molecule has 0 aromatic heterocycles. The fraction of sp³-hybridized carbons (Fsp3) is 0.632. The number of hydrogen-bond donors (Lipinski definition) is 3. The molecule has 1 aliphatic rings. The van der Waals surface area contributed by atoms with Crippen molar-refractivity contribution in [3.63, 3.8) is 0 Å². The van der Waals surface area contributed by atoms with E-state index in [0.29, 0.717) is 19.2 Å². The zero-order valence-corrected chi connectivity index (χ0v) is 15.2. The van der Waals surface area contributed by atoms with E-state index < -0.39 is 6.10 Å². The Bertz CT molecular complexity index is 459. The average Bonchev–Trinajstić information content (AvgIpc) is 3.41. The highest BCUT2D eigenvalue weighted by Crippen LogP contribution is 2.28. The van der Waals surface area contributed by atoms with Gasteiger partial charge in [-0.05, 0) is 42.9 Å². The number of carbonyl (C=O) groups is 1. The molecule has 0 bridgehead atoms. The van der Waals surface area contributed by atoms with Crippen molar-refractivity contribution in [1.29, 1.82) is 0 Å². The van der Waals surface area contributed by atoms with E-state index in [1.54, 1.807) is 0 Å². The van der Waals surface area contributed by atoms with Crippen molar-refractivity contribution >= 4 is 6.47 Å². The van der Waals surface area contributed by atoms with Crippen LogP contribution in [-0.4, -0.2) is 55.2 Å². The lowest BCUT2D eigenvalue weighted by atomic mass is 10.1. The topological polar surface area (TPSA) is 88.0 Å². The highest BCUT2D eigenvalue weighted by molar-refractivity contribution is 5.32. The molecular weight excluding hydrogens is 322 g/mol. The van der Waals surface area contributed by atoms with Crippen molar-refractivity contribution in [2.75, 3.05) is 26.4 Å². The maximum atomic E-state index is 9.80. The minimum Gasteiger partial charge on any atom is -0.491 e. The van der Waals surface area contributed by atoms with Gasteiger partial charge in [-0.1, -0.05) is 26.0 Å². The second kappa shape index (κ2) is 12.7. The molecule has 6 heteroatoms. The van der Waals surface area contributed by atoms with Crippen molar-refractivity contribution < 1.29 is 24.5 Å². The van der Waals surface area contributed by atoms with E-state index in [4.69, 9.17) is 19.4 Å². The number of ether oxygens (including phenoxy) is 2. The Morgan fingerprint density at radius 1 is 1.28 bits per heavy atom. The van der Waals surface area contributed by atoms with E-state index in [0.717, 1.165) is 31.3 Å². The summed E-state index contributed by atoms with van der Waals surface area (Å²) in [4.78, 5) is 8.36. The lowest BCUT2D eigenvalue weighted by Gasteiger charge is -2.15. The molecule has 0 saturated heterocycles. The van der Waals surface area contributed by atoms with E-state index in [2.05, 4.69) is 31.3 Å². The lowest BCUT2D eigenvalue weighted by Crippen LogP contribution is -2.35. The number of aliphatic hydroxyl groups excluding tert-OH is 1. The van der Waals surface area contributed by atoms with Gasteiger partial charge in [0.15, 0.2) is 0 Å². The first kappa shape index (κ1) is 21.4. The summed E-state index contributed by atoms with van der Waals surface area (Å²) in [6.45, 7) is 6.43. The summed E-state index contributed by atoms with van der Waals surface area (Å²) in [6, 6.07) is 8.41. The molecule has 0 aliphatic heterocycles. The van der Waals surface area contributed by atoms with Gasteiger partial charge in [0.25, 0.3) is 6.47 Å². The molecule has 0 heterocycles. The Morgan fingerprint density at radius 2 is 1.92 bits per heavy atom. The zero-order chi connectivity index (χ0) is 18.5. The molecule has 1 atom stereocenters. The minimum atomic E-state index is -0.488. The first-order valence-corrected chi connectivity index (χ1v) is 8.84. The molecule has 1 aliphatic carbocycles. The third-order valence-electron chi connectivity index (χ3n) is 3.71. The van der Waals surface area contributed by atoms with Crippen LogP contribution < -0.4 is 10.1 Å². The molecule has 0 radical (unpaired) electrons.